The zero-order chi connectivity index (χ0) is 13.9. The third-order valence-corrected chi connectivity index (χ3v) is 4.82. The molecule has 1 saturated carbocycles. The Bertz CT molecular complexity index is 565. The quantitative estimate of drug-likeness (QED) is 0.920. The number of hydrogen-bond acceptors (Lipinski definition) is 2. The summed E-state index contributed by atoms with van der Waals surface area (Å²) in [4.78, 5) is 0. The van der Waals surface area contributed by atoms with Gasteiger partial charge >= 0.3 is 0 Å². The Labute approximate surface area is 121 Å². The lowest BCUT2D eigenvalue weighted by atomic mass is 9.84. The van der Waals surface area contributed by atoms with Gasteiger partial charge in [-0.05, 0) is 37.7 Å². The van der Waals surface area contributed by atoms with Crippen molar-refractivity contribution in [1.29, 1.82) is 0 Å². The zero-order valence-electron chi connectivity index (χ0n) is 12.6. The first-order chi connectivity index (χ1) is 9.78. The van der Waals surface area contributed by atoms with Gasteiger partial charge in [0.25, 0.3) is 0 Å². The number of nitrogens with zero attached hydrogens (tertiary/aromatic N) is 2. The van der Waals surface area contributed by atoms with Crippen molar-refractivity contribution < 1.29 is 0 Å². The molecule has 1 aliphatic rings. The molecule has 0 spiro atoms. The van der Waals surface area contributed by atoms with Crippen LogP contribution in [0.25, 0.3) is 10.9 Å². The van der Waals surface area contributed by atoms with E-state index in [-0.39, 0.29) is 0 Å². The Kier molecular flexibility index (Phi) is 4.06. The molecular formula is C17H25N3. The Morgan fingerprint density at radius 3 is 2.70 bits per heavy atom. The van der Waals surface area contributed by atoms with Gasteiger partial charge in [0.1, 0.15) is 0 Å². The summed E-state index contributed by atoms with van der Waals surface area (Å²) in [5.74, 6) is 0.962. The maximum absolute atomic E-state index is 4.66. The fourth-order valence-electron chi connectivity index (χ4n) is 3.44. The van der Waals surface area contributed by atoms with E-state index in [0.717, 1.165) is 12.5 Å². The van der Waals surface area contributed by atoms with Gasteiger partial charge in [0.05, 0.1) is 11.2 Å². The summed E-state index contributed by atoms with van der Waals surface area (Å²) in [5, 5.41) is 9.65. The molecule has 1 aliphatic carbocycles. The zero-order valence-corrected chi connectivity index (χ0v) is 12.6. The van der Waals surface area contributed by atoms with Crippen molar-refractivity contribution in [2.24, 2.45) is 13.0 Å². The van der Waals surface area contributed by atoms with Crippen LogP contribution in [0.1, 0.15) is 44.7 Å². The van der Waals surface area contributed by atoms with E-state index in [1.54, 1.807) is 0 Å². The van der Waals surface area contributed by atoms with Gasteiger partial charge in [-0.3, -0.25) is 4.68 Å². The molecule has 0 radical (unpaired) electrons. The van der Waals surface area contributed by atoms with Gasteiger partial charge in [0.15, 0.2) is 0 Å². The second kappa shape index (κ2) is 5.96. The predicted molar refractivity (Wildman–Crippen MR) is 83.6 cm³/mol. The van der Waals surface area contributed by atoms with E-state index >= 15 is 0 Å². The average Bonchev–Trinajstić information content (AvgIpc) is 2.83. The van der Waals surface area contributed by atoms with Gasteiger partial charge in [-0.2, -0.15) is 5.10 Å². The Morgan fingerprint density at radius 2 is 1.95 bits per heavy atom. The first-order valence-corrected chi connectivity index (χ1v) is 7.92. The molecule has 0 atom stereocenters. The molecule has 0 aliphatic heterocycles. The van der Waals surface area contributed by atoms with Crippen LogP contribution in [0.5, 0.6) is 0 Å². The number of fused-ring (bicyclic) bond motifs is 1. The largest absolute Gasteiger partial charge is 0.308 e. The third kappa shape index (κ3) is 2.73. The molecule has 2 aromatic rings. The van der Waals surface area contributed by atoms with Crippen LogP contribution in [0, 0.1) is 5.92 Å². The molecule has 3 rings (SSSR count). The fraction of sp³-hybridized carbons (Fsp3) is 0.588. The maximum atomic E-state index is 4.66. The Balaban J connectivity index is 1.63. The smallest absolute Gasteiger partial charge is 0.0841 e. The van der Waals surface area contributed by atoms with Gasteiger partial charge in [-0.25, -0.2) is 0 Å². The lowest BCUT2D eigenvalue weighted by molar-refractivity contribution is 0.284. The summed E-state index contributed by atoms with van der Waals surface area (Å²) < 4.78 is 1.99. The third-order valence-electron chi connectivity index (χ3n) is 4.82. The number of aryl methyl sites for hydroxylation is 1. The van der Waals surface area contributed by atoms with Crippen LogP contribution in [0.4, 0.5) is 0 Å². The highest BCUT2D eigenvalue weighted by molar-refractivity contribution is 5.81. The van der Waals surface area contributed by atoms with Crippen molar-refractivity contribution in [2.75, 3.05) is 0 Å². The molecule has 20 heavy (non-hydrogen) atoms. The van der Waals surface area contributed by atoms with Crippen molar-refractivity contribution in [3.05, 3.63) is 30.0 Å². The normalized spacial score (nSPS) is 23.3. The van der Waals surface area contributed by atoms with Crippen molar-refractivity contribution in [1.82, 2.24) is 15.1 Å². The minimum atomic E-state index is 0.679. The molecule has 0 amide bonds. The van der Waals surface area contributed by atoms with E-state index in [0.29, 0.717) is 6.04 Å². The molecule has 0 bridgehead atoms. The van der Waals surface area contributed by atoms with Crippen LogP contribution < -0.4 is 5.32 Å². The van der Waals surface area contributed by atoms with Crippen LogP contribution in [-0.4, -0.2) is 15.8 Å². The number of benzene rings is 1. The first kappa shape index (κ1) is 13.6. The van der Waals surface area contributed by atoms with E-state index in [4.69, 9.17) is 0 Å². The number of rotatable bonds is 4. The van der Waals surface area contributed by atoms with Crippen LogP contribution in [0.15, 0.2) is 24.3 Å². The van der Waals surface area contributed by atoms with Crippen molar-refractivity contribution in [3.63, 3.8) is 0 Å². The summed E-state index contributed by atoms with van der Waals surface area (Å²) in [6.07, 6.45) is 6.76. The first-order valence-electron chi connectivity index (χ1n) is 7.92. The lowest BCUT2D eigenvalue weighted by Gasteiger charge is -2.28. The molecule has 1 fully saturated rings. The van der Waals surface area contributed by atoms with Gasteiger partial charge in [-0.1, -0.05) is 31.5 Å². The number of para-hydroxylation sites is 1. The van der Waals surface area contributed by atoms with Gasteiger partial charge in [0, 0.05) is 25.0 Å². The van der Waals surface area contributed by atoms with E-state index in [1.807, 2.05) is 11.7 Å². The van der Waals surface area contributed by atoms with E-state index in [2.05, 4.69) is 41.6 Å². The van der Waals surface area contributed by atoms with Crippen molar-refractivity contribution in [2.45, 2.75) is 51.6 Å². The summed E-state index contributed by atoms with van der Waals surface area (Å²) in [6, 6.07) is 9.16. The second-order valence-corrected chi connectivity index (χ2v) is 6.09. The molecule has 0 unspecified atom stereocenters. The average molecular weight is 271 g/mol. The predicted octanol–water partition coefficient (Wildman–Crippen LogP) is 3.63. The summed E-state index contributed by atoms with van der Waals surface area (Å²) in [5.41, 5.74) is 2.40. The maximum Gasteiger partial charge on any atom is 0.0841 e. The summed E-state index contributed by atoms with van der Waals surface area (Å²) in [7, 11) is 2.03. The van der Waals surface area contributed by atoms with Gasteiger partial charge in [-0.15, -0.1) is 0 Å². The molecule has 0 saturated heterocycles. The number of nitrogens with one attached hydrogen (secondary N) is 1. The SMILES string of the molecule is CCC1CCC(NCc2nn(C)c3ccccc23)CC1. The molecule has 1 aromatic carbocycles. The lowest BCUT2D eigenvalue weighted by Crippen LogP contribution is -2.32. The monoisotopic (exact) mass is 271 g/mol. The molecule has 3 nitrogen and oxygen atoms in total. The summed E-state index contributed by atoms with van der Waals surface area (Å²) in [6.45, 7) is 3.21. The topological polar surface area (TPSA) is 29.9 Å². The fourth-order valence-corrected chi connectivity index (χ4v) is 3.44. The van der Waals surface area contributed by atoms with Gasteiger partial charge < -0.3 is 5.32 Å². The van der Waals surface area contributed by atoms with Crippen LogP contribution in [0.3, 0.4) is 0 Å². The van der Waals surface area contributed by atoms with Crippen LogP contribution in [0.2, 0.25) is 0 Å². The highest BCUT2D eigenvalue weighted by atomic mass is 15.3. The van der Waals surface area contributed by atoms with Crippen LogP contribution in [-0.2, 0) is 13.6 Å². The van der Waals surface area contributed by atoms with E-state index < -0.39 is 0 Å². The Morgan fingerprint density at radius 1 is 1.20 bits per heavy atom. The summed E-state index contributed by atoms with van der Waals surface area (Å²) >= 11 is 0. The minimum absolute atomic E-state index is 0.679. The minimum Gasteiger partial charge on any atom is -0.308 e. The number of hydrogen-bond donors (Lipinski definition) is 1. The molecule has 108 valence electrons. The molecule has 1 heterocycles. The van der Waals surface area contributed by atoms with Gasteiger partial charge in [0.2, 0.25) is 0 Å². The molecule has 1 aromatic heterocycles. The van der Waals surface area contributed by atoms with E-state index in [1.165, 1.54) is 48.7 Å². The molecule has 3 heteroatoms. The molecular weight excluding hydrogens is 246 g/mol. The highest BCUT2D eigenvalue weighted by Crippen LogP contribution is 2.27. The van der Waals surface area contributed by atoms with Crippen molar-refractivity contribution >= 4 is 10.9 Å². The van der Waals surface area contributed by atoms with Crippen LogP contribution >= 0.6 is 0 Å². The standard InChI is InChI=1S/C17H25N3/c1-3-13-8-10-14(11-9-13)18-12-16-15-6-4-5-7-17(15)20(2)19-16/h4-7,13-14,18H,3,8-12H2,1-2H3. The number of aromatic nitrogens is 2. The van der Waals surface area contributed by atoms with Crippen molar-refractivity contribution in [3.8, 4) is 0 Å². The molecule has 1 N–H and O–H groups in total. The Hall–Kier alpha value is -1.35. The highest BCUT2D eigenvalue weighted by Gasteiger charge is 2.20. The second-order valence-electron chi connectivity index (χ2n) is 6.09. The van der Waals surface area contributed by atoms with E-state index in [9.17, 15) is 0 Å².